The zero-order chi connectivity index (χ0) is 18.8. The Balaban J connectivity index is 1.59. The molecule has 0 saturated carbocycles. The molecule has 0 aliphatic heterocycles. The summed E-state index contributed by atoms with van der Waals surface area (Å²) in [6, 6.07) is 17.5. The van der Waals surface area contributed by atoms with Crippen LogP contribution in [0.1, 0.15) is 16.1 Å². The van der Waals surface area contributed by atoms with Gasteiger partial charge < -0.3 is 0 Å². The van der Waals surface area contributed by atoms with Gasteiger partial charge in [0.25, 0.3) is 0 Å². The summed E-state index contributed by atoms with van der Waals surface area (Å²) in [5.41, 5.74) is 4.60. The van der Waals surface area contributed by atoms with Crippen molar-refractivity contribution in [2.75, 3.05) is 0 Å². The number of hydrogen-bond acceptors (Lipinski definition) is 4. The minimum absolute atomic E-state index is 0.297. The third-order valence-corrected chi connectivity index (χ3v) is 7.81. The van der Waals surface area contributed by atoms with Crippen LogP contribution in [-0.2, 0) is 0 Å². The van der Waals surface area contributed by atoms with Gasteiger partial charge in [-0.1, -0.05) is 0 Å². The van der Waals surface area contributed by atoms with Crippen LogP contribution in [0.3, 0.4) is 0 Å². The van der Waals surface area contributed by atoms with Crippen LogP contribution >= 0.6 is 22.9 Å². The van der Waals surface area contributed by atoms with E-state index < -0.39 is 5.24 Å². The first-order chi connectivity index (χ1) is 13.1. The third kappa shape index (κ3) is 3.91. The first-order valence-corrected chi connectivity index (χ1v) is 11.3. The summed E-state index contributed by atoms with van der Waals surface area (Å²) < 4.78 is 4.11. The zero-order valence-corrected chi connectivity index (χ0v) is 17.8. The number of nitrogens with zero attached hydrogens (tertiary/aromatic N) is 3. The molecule has 0 atom stereocenters. The Morgan fingerprint density at radius 3 is 2.74 bits per heavy atom. The number of rotatable bonds is 5. The molecule has 0 amide bonds. The van der Waals surface area contributed by atoms with Crippen LogP contribution < -0.4 is 8.15 Å². The van der Waals surface area contributed by atoms with E-state index in [1.807, 2.05) is 59.4 Å². The fraction of sp³-hybridized carbons (Fsp3) is 0.0500. The van der Waals surface area contributed by atoms with Crippen LogP contribution in [-0.4, -0.2) is 35.8 Å². The average Bonchev–Trinajstić information content (AvgIpc) is 3.29. The average molecular weight is 455 g/mol. The van der Waals surface area contributed by atoms with Crippen molar-refractivity contribution in [1.82, 2.24) is 14.8 Å². The molecule has 2 aromatic heterocycles. The van der Waals surface area contributed by atoms with E-state index in [9.17, 15) is 4.79 Å². The van der Waals surface area contributed by atoms with E-state index in [0.717, 1.165) is 30.8 Å². The Hall–Kier alpha value is -2.20. The fourth-order valence-corrected chi connectivity index (χ4v) is 6.23. The molecule has 0 aliphatic carbocycles. The molecule has 0 saturated heterocycles. The molecule has 0 N–H and O–H groups in total. The molecule has 7 heteroatoms. The van der Waals surface area contributed by atoms with Crippen molar-refractivity contribution >= 4 is 52.1 Å². The van der Waals surface area contributed by atoms with Crippen LogP contribution in [0.5, 0.6) is 0 Å². The summed E-state index contributed by atoms with van der Waals surface area (Å²) in [6.45, 7) is 2.05. The van der Waals surface area contributed by atoms with E-state index in [1.165, 1.54) is 0 Å². The second kappa shape index (κ2) is 7.81. The van der Waals surface area contributed by atoms with E-state index in [-0.39, 0.29) is 15.8 Å². The molecule has 0 unspecified atom stereocenters. The molecule has 4 aromatic rings. The van der Waals surface area contributed by atoms with Crippen LogP contribution in [0.4, 0.5) is 0 Å². The second-order valence-corrected chi connectivity index (χ2v) is 10.1. The molecule has 27 heavy (non-hydrogen) atoms. The monoisotopic (exact) mass is 454 g/mol. The summed E-state index contributed by atoms with van der Waals surface area (Å²) in [5, 5.41) is 6.16. The van der Waals surface area contributed by atoms with E-state index in [0.29, 0.717) is 5.56 Å². The number of halogens is 1. The molecule has 0 spiro atoms. The number of carbonyl (C=O) groups excluding carboxylic acids is 1. The van der Waals surface area contributed by atoms with Crippen molar-refractivity contribution in [1.29, 1.82) is 0 Å². The topological polar surface area (TPSA) is 47.8 Å². The Kier molecular flexibility index (Phi) is 5.26. The van der Waals surface area contributed by atoms with Crippen LogP contribution in [0.2, 0.25) is 0 Å². The van der Waals surface area contributed by atoms with Gasteiger partial charge in [-0.05, 0) is 0 Å². The Labute approximate surface area is 172 Å². The number of aromatic nitrogens is 3. The van der Waals surface area contributed by atoms with Crippen molar-refractivity contribution in [3.8, 4) is 16.9 Å². The number of thiazole rings is 1. The van der Waals surface area contributed by atoms with Crippen molar-refractivity contribution in [3.63, 3.8) is 0 Å². The van der Waals surface area contributed by atoms with Gasteiger partial charge in [-0.2, -0.15) is 0 Å². The molecule has 1 radical (unpaired) electrons. The number of hydrogen-bond donors (Lipinski definition) is 0. The first kappa shape index (κ1) is 18.2. The zero-order valence-electron chi connectivity index (χ0n) is 14.3. The van der Waals surface area contributed by atoms with Crippen molar-refractivity contribution in [2.24, 2.45) is 0 Å². The quantitative estimate of drug-likeness (QED) is 0.343. The SMILES string of the molecule is Cc1c(-c2csc([As]c3cccc(C(=O)Cl)c3)n2)cnn1-c1ccccc1. The van der Waals surface area contributed by atoms with Crippen molar-refractivity contribution < 1.29 is 4.79 Å². The molecule has 2 heterocycles. The molecule has 2 aromatic carbocycles. The molecule has 0 bridgehead atoms. The van der Waals surface area contributed by atoms with Gasteiger partial charge in [0.05, 0.1) is 0 Å². The van der Waals surface area contributed by atoms with Crippen LogP contribution in [0, 0.1) is 6.92 Å². The van der Waals surface area contributed by atoms with E-state index in [2.05, 4.69) is 17.4 Å². The number of benzene rings is 2. The summed E-state index contributed by atoms with van der Waals surface area (Å²) in [4.78, 5) is 16.2. The van der Waals surface area contributed by atoms with Crippen molar-refractivity contribution in [2.45, 2.75) is 6.92 Å². The Bertz CT molecular complexity index is 1110. The molecule has 4 nitrogen and oxygen atoms in total. The third-order valence-electron chi connectivity index (χ3n) is 4.08. The van der Waals surface area contributed by atoms with Gasteiger partial charge >= 0.3 is 173 Å². The van der Waals surface area contributed by atoms with E-state index in [1.54, 1.807) is 17.4 Å². The second-order valence-electron chi connectivity index (χ2n) is 5.84. The summed E-state index contributed by atoms with van der Waals surface area (Å²) in [7, 11) is 0. The molecular formula is C20H14AsClN3OS. The molecule has 4 rings (SSSR count). The van der Waals surface area contributed by atoms with Gasteiger partial charge in [0.2, 0.25) is 0 Å². The van der Waals surface area contributed by atoms with Crippen LogP contribution in [0.15, 0.2) is 66.2 Å². The van der Waals surface area contributed by atoms with Gasteiger partial charge in [0.1, 0.15) is 0 Å². The van der Waals surface area contributed by atoms with Gasteiger partial charge in [-0.3, -0.25) is 0 Å². The maximum atomic E-state index is 11.3. The summed E-state index contributed by atoms with van der Waals surface area (Å²) in [6.07, 6.45) is 1.87. The van der Waals surface area contributed by atoms with Gasteiger partial charge in [0, 0.05) is 0 Å². The number of para-hydroxylation sites is 1. The first-order valence-electron chi connectivity index (χ1n) is 8.19. The standard InChI is InChI=1S/C20H14AsClN3OS/c1-13-17(11-23-25(13)16-8-3-2-4-9-16)18-12-27-20(24-18)21-15-7-5-6-14(10-15)19(22)26/h2-12H,1H3. The molecular weight excluding hydrogens is 441 g/mol. The van der Waals surface area contributed by atoms with Gasteiger partial charge in [-0.25, -0.2) is 0 Å². The van der Waals surface area contributed by atoms with Crippen molar-refractivity contribution in [3.05, 3.63) is 77.4 Å². The van der Waals surface area contributed by atoms with E-state index in [4.69, 9.17) is 16.6 Å². The van der Waals surface area contributed by atoms with Gasteiger partial charge in [0.15, 0.2) is 0 Å². The predicted octanol–water partition coefficient (Wildman–Crippen LogP) is 3.34. The Morgan fingerprint density at radius 2 is 1.96 bits per heavy atom. The predicted molar refractivity (Wildman–Crippen MR) is 111 cm³/mol. The summed E-state index contributed by atoms with van der Waals surface area (Å²) >= 11 is 6.93. The fourth-order valence-electron chi connectivity index (χ4n) is 2.74. The molecule has 0 aliphatic rings. The Morgan fingerprint density at radius 1 is 1.15 bits per heavy atom. The van der Waals surface area contributed by atoms with E-state index >= 15 is 0 Å². The molecule has 0 fully saturated rings. The summed E-state index contributed by atoms with van der Waals surface area (Å²) in [5.74, 6) is 0. The maximum absolute atomic E-state index is 11.3. The normalized spacial score (nSPS) is 11.3. The molecule has 133 valence electrons. The van der Waals surface area contributed by atoms with Crippen LogP contribution in [0.25, 0.3) is 16.9 Å². The minimum atomic E-state index is -0.429. The van der Waals surface area contributed by atoms with Gasteiger partial charge in [-0.15, -0.1) is 0 Å². The number of carbonyl (C=O) groups is 1.